The molecule has 3 rings (SSSR count). The second-order valence-corrected chi connectivity index (χ2v) is 9.42. The minimum absolute atomic E-state index is 0.0426. The molecule has 4 atom stereocenters. The van der Waals surface area contributed by atoms with Crippen LogP contribution in [-0.2, 0) is 14.3 Å². The highest BCUT2D eigenvalue weighted by Crippen LogP contribution is 2.52. The highest BCUT2D eigenvalue weighted by atomic mass is 16.6. The minimum Gasteiger partial charge on any atom is -0.444 e. The SMILES string of the molecule is CCNC(=NCCN1C(=O)C2C3C=CC(C3)C2C1=O)NCCN(C)C(=O)OC(C)(C)C. The number of nitrogens with one attached hydrogen (secondary N) is 2. The van der Waals surface area contributed by atoms with Gasteiger partial charge in [0, 0.05) is 33.2 Å². The van der Waals surface area contributed by atoms with Crippen molar-refractivity contribution in [2.75, 3.05) is 39.8 Å². The molecule has 9 heteroatoms. The predicted octanol–water partition coefficient (Wildman–Crippen LogP) is 1.22. The zero-order chi connectivity index (χ0) is 22.8. The Balaban J connectivity index is 1.46. The van der Waals surface area contributed by atoms with Gasteiger partial charge in [-0.3, -0.25) is 19.5 Å². The van der Waals surface area contributed by atoms with Gasteiger partial charge in [-0.15, -0.1) is 0 Å². The van der Waals surface area contributed by atoms with Gasteiger partial charge in [0.1, 0.15) is 5.60 Å². The van der Waals surface area contributed by atoms with Crippen LogP contribution >= 0.6 is 0 Å². The molecule has 0 spiro atoms. The topological polar surface area (TPSA) is 103 Å². The van der Waals surface area contributed by atoms with Crippen LogP contribution in [0, 0.1) is 23.7 Å². The first kappa shape index (κ1) is 23.1. The van der Waals surface area contributed by atoms with E-state index in [4.69, 9.17) is 4.74 Å². The maximum Gasteiger partial charge on any atom is 0.410 e. The van der Waals surface area contributed by atoms with E-state index in [0.29, 0.717) is 38.7 Å². The van der Waals surface area contributed by atoms with E-state index in [1.54, 1.807) is 7.05 Å². The van der Waals surface area contributed by atoms with Crippen molar-refractivity contribution in [3.8, 4) is 0 Å². The Labute approximate surface area is 184 Å². The monoisotopic (exact) mass is 433 g/mol. The molecule has 1 heterocycles. The molecule has 1 saturated carbocycles. The molecule has 172 valence electrons. The lowest BCUT2D eigenvalue weighted by molar-refractivity contribution is -0.140. The van der Waals surface area contributed by atoms with E-state index in [1.165, 1.54) is 9.80 Å². The Morgan fingerprint density at radius 1 is 1.19 bits per heavy atom. The molecule has 2 fully saturated rings. The fraction of sp³-hybridized carbons (Fsp3) is 0.727. The maximum atomic E-state index is 12.7. The van der Waals surface area contributed by atoms with Gasteiger partial charge in [0.2, 0.25) is 11.8 Å². The van der Waals surface area contributed by atoms with Crippen molar-refractivity contribution < 1.29 is 19.1 Å². The number of carbonyl (C=O) groups is 3. The Morgan fingerprint density at radius 3 is 2.35 bits per heavy atom. The molecule has 2 bridgehead atoms. The van der Waals surface area contributed by atoms with Crippen LogP contribution in [0.4, 0.5) is 4.79 Å². The summed E-state index contributed by atoms with van der Waals surface area (Å²) in [4.78, 5) is 44.9. The van der Waals surface area contributed by atoms with Gasteiger partial charge in [-0.2, -0.15) is 0 Å². The van der Waals surface area contributed by atoms with Gasteiger partial charge >= 0.3 is 6.09 Å². The second-order valence-electron chi connectivity index (χ2n) is 9.42. The van der Waals surface area contributed by atoms with Gasteiger partial charge in [-0.05, 0) is 46.0 Å². The quantitative estimate of drug-likeness (QED) is 0.271. The van der Waals surface area contributed by atoms with Crippen LogP contribution in [-0.4, -0.2) is 79.0 Å². The number of nitrogens with zero attached hydrogens (tertiary/aromatic N) is 3. The van der Waals surface area contributed by atoms with Gasteiger partial charge in [0.05, 0.1) is 18.4 Å². The zero-order valence-corrected chi connectivity index (χ0v) is 19.2. The van der Waals surface area contributed by atoms with Gasteiger partial charge in [0.25, 0.3) is 0 Å². The zero-order valence-electron chi connectivity index (χ0n) is 19.2. The molecule has 2 N–H and O–H groups in total. The summed E-state index contributed by atoms with van der Waals surface area (Å²) < 4.78 is 5.34. The molecule has 3 aliphatic rings. The average Bonchev–Trinajstić information content (AvgIpc) is 3.36. The molecule has 1 saturated heterocycles. The summed E-state index contributed by atoms with van der Waals surface area (Å²) in [5.74, 6) is 0.614. The molecule has 0 aromatic rings. The summed E-state index contributed by atoms with van der Waals surface area (Å²) >= 11 is 0. The number of allylic oxidation sites excluding steroid dienone is 2. The molecule has 9 nitrogen and oxygen atoms in total. The number of amides is 3. The molecule has 0 aromatic carbocycles. The van der Waals surface area contributed by atoms with Crippen LogP contribution in [0.3, 0.4) is 0 Å². The van der Waals surface area contributed by atoms with Crippen LogP contribution in [0.1, 0.15) is 34.1 Å². The molecular weight excluding hydrogens is 398 g/mol. The minimum atomic E-state index is -0.534. The third-order valence-corrected chi connectivity index (χ3v) is 5.94. The van der Waals surface area contributed by atoms with E-state index in [1.807, 2.05) is 27.7 Å². The summed E-state index contributed by atoms with van der Waals surface area (Å²) in [6, 6.07) is 0. The number of likely N-dealkylation sites (tertiary alicyclic amines) is 1. The summed E-state index contributed by atoms with van der Waals surface area (Å²) in [6.07, 6.45) is 4.75. The predicted molar refractivity (Wildman–Crippen MR) is 117 cm³/mol. The Bertz CT molecular complexity index is 742. The number of aliphatic imine (C=N–C) groups is 1. The number of likely N-dealkylation sites (N-methyl/N-ethyl adjacent to an activating group) is 1. The number of rotatable bonds is 7. The lowest BCUT2D eigenvalue weighted by Crippen LogP contribution is -2.43. The fourth-order valence-corrected chi connectivity index (χ4v) is 4.56. The van der Waals surface area contributed by atoms with Crippen molar-refractivity contribution in [1.29, 1.82) is 0 Å². The van der Waals surface area contributed by atoms with Crippen molar-refractivity contribution in [3.05, 3.63) is 12.2 Å². The Hall–Kier alpha value is -2.58. The van der Waals surface area contributed by atoms with Crippen LogP contribution in [0.2, 0.25) is 0 Å². The maximum absolute atomic E-state index is 12.7. The van der Waals surface area contributed by atoms with Crippen molar-refractivity contribution in [2.24, 2.45) is 28.7 Å². The molecule has 3 amide bonds. The van der Waals surface area contributed by atoms with E-state index in [-0.39, 0.29) is 41.6 Å². The summed E-state index contributed by atoms with van der Waals surface area (Å²) in [5, 5.41) is 6.31. The van der Waals surface area contributed by atoms with Crippen LogP contribution < -0.4 is 10.6 Å². The Kier molecular flexibility index (Phi) is 6.91. The van der Waals surface area contributed by atoms with Gasteiger partial charge in [-0.25, -0.2) is 4.79 Å². The van der Waals surface area contributed by atoms with E-state index >= 15 is 0 Å². The number of imide groups is 1. The second kappa shape index (κ2) is 9.28. The lowest BCUT2D eigenvalue weighted by Gasteiger charge is -2.25. The summed E-state index contributed by atoms with van der Waals surface area (Å²) in [7, 11) is 1.68. The van der Waals surface area contributed by atoms with Crippen molar-refractivity contribution in [1.82, 2.24) is 20.4 Å². The van der Waals surface area contributed by atoms with Gasteiger partial charge in [0.15, 0.2) is 5.96 Å². The smallest absolute Gasteiger partial charge is 0.410 e. The van der Waals surface area contributed by atoms with Crippen molar-refractivity contribution in [2.45, 2.75) is 39.7 Å². The van der Waals surface area contributed by atoms with E-state index < -0.39 is 5.60 Å². The number of fused-ring (bicyclic) bond motifs is 5. The first-order chi connectivity index (χ1) is 14.6. The molecule has 4 unspecified atom stereocenters. The van der Waals surface area contributed by atoms with Crippen LogP contribution in [0.25, 0.3) is 0 Å². The summed E-state index contributed by atoms with van der Waals surface area (Å²) in [5.41, 5.74) is -0.534. The number of guanidine groups is 1. The van der Waals surface area contributed by atoms with Crippen molar-refractivity contribution in [3.63, 3.8) is 0 Å². The highest BCUT2D eigenvalue weighted by molar-refractivity contribution is 6.06. The van der Waals surface area contributed by atoms with E-state index in [0.717, 1.165) is 6.42 Å². The highest BCUT2D eigenvalue weighted by Gasteiger charge is 2.58. The van der Waals surface area contributed by atoms with Gasteiger partial charge < -0.3 is 20.3 Å². The third-order valence-electron chi connectivity index (χ3n) is 5.94. The number of hydrogen-bond donors (Lipinski definition) is 2. The average molecular weight is 434 g/mol. The number of hydrogen-bond acceptors (Lipinski definition) is 5. The molecule has 0 aromatic heterocycles. The van der Waals surface area contributed by atoms with E-state index in [9.17, 15) is 14.4 Å². The van der Waals surface area contributed by atoms with Crippen LogP contribution in [0.15, 0.2) is 17.1 Å². The largest absolute Gasteiger partial charge is 0.444 e. The lowest BCUT2D eigenvalue weighted by atomic mass is 9.85. The molecule has 31 heavy (non-hydrogen) atoms. The summed E-state index contributed by atoms with van der Waals surface area (Å²) in [6.45, 7) is 9.68. The fourth-order valence-electron chi connectivity index (χ4n) is 4.56. The first-order valence-corrected chi connectivity index (χ1v) is 11.1. The number of ether oxygens (including phenoxy) is 1. The van der Waals surface area contributed by atoms with Gasteiger partial charge in [-0.1, -0.05) is 12.2 Å². The molecule has 1 aliphatic heterocycles. The molecule has 0 radical (unpaired) electrons. The standard InChI is InChI=1S/C22H35N5O4/c1-6-23-20(24-9-11-26(5)21(30)31-22(2,3)4)25-10-12-27-18(28)16-14-7-8-15(13-14)17(16)19(27)29/h7-8,14-17H,6,9-13H2,1-5H3,(H2,23,24,25). The van der Waals surface area contributed by atoms with E-state index in [2.05, 4.69) is 27.8 Å². The Morgan fingerprint density at radius 2 is 1.81 bits per heavy atom. The van der Waals surface area contributed by atoms with Crippen molar-refractivity contribution >= 4 is 23.9 Å². The van der Waals surface area contributed by atoms with Crippen LogP contribution in [0.5, 0.6) is 0 Å². The molecule has 2 aliphatic carbocycles. The third kappa shape index (κ3) is 5.19. The number of carbonyl (C=O) groups excluding carboxylic acids is 3. The molecular formula is C22H35N5O4. The normalized spacial score (nSPS) is 27.0. The first-order valence-electron chi connectivity index (χ1n) is 11.1.